The average molecular weight is 215 g/mol. The molecule has 0 bridgehead atoms. The Hall–Kier alpha value is -0.640. The molecule has 78 valence electrons. The minimum atomic E-state index is -3.34. The molecule has 14 heavy (non-hydrogen) atoms. The molecule has 2 fully saturated rings. The van der Waals surface area contributed by atoms with Gasteiger partial charge in [0.05, 0.1) is 11.5 Å². The Morgan fingerprint density at radius 2 is 2.29 bits per heavy atom. The second-order valence-corrected chi connectivity index (χ2v) is 5.92. The molecule has 5 nitrogen and oxygen atoms in total. The third-order valence-corrected chi connectivity index (χ3v) is 5.09. The molecule has 6 heteroatoms. The van der Waals surface area contributed by atoms with Gasteiger partial charge in [0.2, 0.25) is 0 Å². The van der Waals surface area contributed by atoms with Gasteiger partial charge in [0.15, 0.2) is 0 Å². The highest BCUT2D eigenvalue weighted by atomic mass is 32.2. The molecule has 0 aromatic rings. The Balaban J connectivity index is 2.18. The summed E-state index contributed by atoms with van der Waals surface area (Å²) in [7, 11) is -1.95. The smallest absolute Gasteiger partial charge is 0.205 e. The summed E-state index contributed by atoms with van der Waals surface area (Å²) in [5.74, 6) is 0.575. The predicted molar refractivity (Wildman–Crippen MR) is 50.3 cm³/mol. The second kappa shape index (κ2) is 2.69. The number of piperidine rings is 1. The summed E-state index contributed by atoms with van der Waals surface area (Å²) in [4.78, 5) is 0. The molecule has 1 saturated heterocycles. The number of fused-ring (bicyclic) bond motifs is 1. The van der Waals surface area contributed by atoms with Crippen LogP contribution in [0, 0.1) is 28.6 Å². The number of rotatable bonds is 2. The van der Waals surface area contributed by atoms with Crippen molar-refractivity contribution < 1.29 is 8.42 Å². The van der Waals surface area contributed by atoms with Gasteiger partial charge in [0.1, 0.15) is 0 Å². The van der Waals surface area contributed by atoms with Crippen LogP contribution in [0.1, 0.15) is 6.92 Å². The lowest BCUT2D eigenvalue weighted by atomic mass is 10.1. The molecule has 1 saturated carbocycles. The zero-order chi connectivity index (χ0) is 10.6. The molecule has 1 N–H and O–H groups in total. The van der Waals surface area contributed by atoms with E-state index in [9.17, 15) is 8.42 Å². The molecule has 0 amide bonds. The Morgan fingerprint density at radius 1 is 1.64 bits per heavy atom. The van der Waals surface area contributed by atoms with Gasteiger partial charge in [-0.2, -0.15) is 18.0 Å². The van der Waals surface area contributed by atoms with Gasteiger partial charge in [-0.25, -0.2) is 4.72 Å². The maximum atomic E-state index is 11.4. The van der Waals surface area contributed by atoms with Gasteiger partial charge in [-0.05, 0) is 11.8 Å². The van der Waals surface area contributed by atoms with E-state index < -0.39 is 15.6 Å². The quantitative estimate of drug-likeness (QED) is 0.677. The lowest BCUT2D eigenvalue weighted by molar-refractivity contribution is 0.396. The molecule has 1 aliphatic carbocycles. The molecule has 0 aromatic heterocycles. The van der Waals surface area contributed by atoms with Gasteiger partial charge in [-0.3, -0.25) is 0 Å². The van der Waals surface area contributed by atoms with Crippen molar-refractivity contribution in [2.24, 2.45) is 17.3 Å². The summed E-state index contributed by atoms with van der Waals surface area (Å²) in [6.45, 7) is 2.84. The Bertz CT molecular complexity index is 399. The van der Waals surface area contributed by atoms with Gasteiger partial charge >= 0.3 is 0 Å². The van der Waals surface area contributed by atoms with E-state index in [0.717, 1.165) is 0 Å². The summed E-state index contributed by atoms with van der Waals surface area (Å²) < 4.78 is 26.5. The van der Waals surface area contributed by atoms with Crippen LogP contribution in [-0.4, -0.2) is 32.9 Å². The van der Waals surface area contributed by atoms with Crippen LogP contribution in [0.25, 0.3) is 0 Å². The third-order valence-electron chi connectivity index (χ3n) is 3.61. The van der Waals surface area contributed by atoms with E-state index in [0.29, 0.717) is 19.0 Å². The molecule has 3 atom stereocenters. The zero-order valence-corrected chi connectivity index (χ0v) is 9.00. The van der Waals surface area contributed by atoms with Crippen molar-refractivity contribution in [2.45, 2.75) is 6.92 Å². The van der Waals surface area contributed by atoms with E-state index >= 15 is 0 Å². The lowest BCUT2D eigenvalue weighted by Gasteiger charge is -2.18. The summed E-state index contributed by atoms with van der Waals surface area (Å²) in [6, 6.07) is 2.26. The fourth-order valence-electron chi connectivity index (χ4n) is 2.42. The van der Waals surface area contributed by atoms with E-state index in [1.165, 1.54) is 11.4 Å². The van der Waals surface area contributed by atoms with E-state index in [1.54, 1.807) is 0 Å². The van der Waals surface area contributed by atoms with Crippen molar-refractivity contribution in [3.63, 3.8) is 0 Å². The maximum Gasteiger partial charge on any atom is 0.279 e. The first-order valence-electron chi connectivity index (χ1n) is 4.58. The minimum absolute atomic E-state index is 0.232. The molecule has 2 aliphatic rings. The molecule has 0 aromatic carbocycles. The van der Waals surface area contributed by atoms with Gasteiger partial charge in [0.25, 0.3) is 10.2 Å². The van der Waals surface area contributed by atoms with Gasteiger partial charge in [0, 0.05) is 20.1 Å². The maximum absolute atomic E-state index is 11.4. The topological polar surface area (TPSA) is 73.2 Å². The first-order valence-corrected chi connectivity index (χ1v) is 6.02. The van der Waals surface area contributed by atoms with E-state index in [4.69, 9.17) is 5.26 Å². The van der Waals surface area contributed by atoms with Gasteiger partial charge in [-0.15, -0.1) is 0 Å². The highest BCUT2D eigenvalue weighted by Crippen LogP contribution is 2.62. The van der Waals surface area contributed by atoms with E-state index in [2.05, 4.69) is 10.8 Å². The standard InChI is InChI=1S/C8H13N3O2S/c1-6-7-3-11(14(12,13)10-2)5-8(6,7)4-9/h6-7,10H,3,5H2,1-2H3/t6-,7+,8-/m0/s1. The number of nitriles is 1. The van der Waals surface area contributed by atoms with Crippen LogP contribution >= 0.6 is 0 Å². The van der Waals surface area contributed by atoms with Crippen LogP contribution in [0.3, 0.4) is 0 Å². The molecular weight excluding hydrogens is 202 g/mol. The zero-order valence-electron chi connectivity index (χ0n) is 8.19. The molecule has 0 spiro atoms. The van der Waals surface area contributed by atoms with Crippen LogP contribution < -0.4 is 4.72 Å². The van der Waals surface area contributed by atoms with Crippen LogP contribution in [-0.2, 0) is 10.2 Å². The Morgan fingerprint density at radius 3 is 2.71 bits per heavy atom. The third kappa shape index (κ3) is 1.03. The van der Waals surface area contributed by atoms with Crippen molar-refractivity contribution in [3.05, 3.63) is 0 Å². The number of hydrogen-bond acceptors (Lipinski definition) is 3. The van der Waals surface area contributed by atoms with E-state index in [-0.39, 0.29) is 5.92 Å². The van der Waals surface area contributed by atoms with Crippen molar-refractivity contribution in [1.82, 2.24) is 9.03 Å². The fraction of sp³-hybridized carbons (Fsp3) is 0.875. The van der Waals surface area contributed by atoms with Gasteiger partial charge < -0.3 is 0 Å². The number of nitrogens with one attached hydrogen (secondary N) is 1. The van der Waals surface area contributed by atoms with Crippen LogP contribution in [0.2, 0.25) is 0 Å². The first-order chi connectivity index (χ1) is 6.48. The molecule has 2 rings (SSSR count). The first kappa shape index (κ1) is 9.90. The predicted octanol–water partition coefficient (Wildman–Crippen LogP) is -0.458. The van der Waals surface area contributed by atoms with Crippen molar-refractivity contribution in [1.29, 1.82) is 5.26 Å². The largest absolute Gasteiger partial charge is 0.279 e. The lowest BCUT2D eigenvalue weighted by Crippen LogP contribution is -2.39. The molecule has 1 aliphatic heterocycles. The molecular formula is C8H13N3O2S. The highest BCUT2D eigenvalue weighted by molar-refractivity contribution is 7.87. The fourth-order valence-corrected chi connectivity index (χ4v) is 3.42. The van der Waals surface area contributed by atoms with Crippen molar-refractivity contribution in [3.8, 4) is 6.07 Å². The van der Waals surface area contributed by atoms with Crippen molar-refractivity contribution in [2.75, 3.05) is 20.1 Å². The SMILES string of the molecule is CNS(=O)(=O)N1C[C@@H]2[C@H](C)[C@]2(C#N)C1. The van der Waals surface area contributed by atoms with Gasteiger partial charge in [-0.1, -0.05) is 6.92 Å². The van der Waals surface area contributed by atoms with Crippen LogP contribution in [0.5, 0.6) is 0 Å². The molecule has 1 heterocycles. The molecule has 0 radical (unpaired) electrons. The Kier molecular flexibility index (Phi) is 1.90. The van der Waals surface area contributed by atoms with Crippen LogP contribution in [0.4, 0.5) is 0 Å². The average Bonchev–Trinajstić information content (AvgIpc) is 2.60. The Labute approximate surface area is 83.9 Å². The summed E-state index contributed by atoms with van der Waals surface area (Å²) >= 11 is 0. The summed E-state index contributed by atoms with van der Waals surface area (Å²) in [6.07, 6.45) is 0. The minimum Gasteiger partial charge on any atom is -0.205 e. The number of nitrogens with zero attached hydrogens (tertiary/aromatic N) is 2. The number of hydrogen-bond donors (Lipinski definition) is 1. The normalized spacial score (nSPS) is 41.8. The summed E-state index contributed by atoms with van der Waals surface area (Å²) in [5.41, 5.74) is -0.399. The summed E-state index contributed by atoms with van der Waals surface area (Å²) in [5, 5.41) is 9.00. The monoisotopic (exact) mass is 215 g/mol. The molecule has 0 unspecified atom stereocenters. The highest BCUT2D eigenvalue weighted by Gasteiger charge is 2.68. The second-order valence-electron chi connectivity index (χ2n) is 4.05. The van der Waals surface area contributed by atoms with Crippen molar-refractivity contribution >= 4 is 10.2 Å². The van der Waals surface area contributed by atoms with Crippen LogP contribution in [0.15, 0.2) is 0 Å². The van der Waals surface area contributed by atoms with E-state index in [1.807, 2.05) is 6.92 Å².